The minimum atomic E-state index is -2.97. The van der Waals surface area contributed by atoms with Crippen molar-refractivity contribution in [1.82, 2.24) is 5.32 Å². The highest BCUT2D eigenvalue weighted by Gasteiger charge is 2.35. The highest BCUT2D eigenvalue weighted by Crippen LogP contribution is 2.18. The van der Waals surface area contributed by atoms with E-state index < -0.39 is 9.84 Å². The second-order valence-corrected chi connectivity index (χ2v) is 7.04. The topological polar surface area (TPSA) is 72.2 Å². The number of nitrogen functional groups attached to an aromatic ring is 1. The Morgan fingerprint density at radius 3 is 2.47 bits per heavy atom. The molecule has 0 unspecified atom stereocenters. The van der Waals surface area contributed by atoms with Gasteiger partial charge in [-0.15, -0.1) is 11.6 Å². The zero-order valence-corrected chi connectivity index (χ0v) is 10.8. The molecule has 1 aliphatic rings. The van der Waals surface area contributed by atoms with Crippen LogP contribution in [0.5, 0.6) is 0 Å². The van der Waals surface area contributed by atoms with Crippen LogP contribution in [-0.2, 0) is 16.4 Å². The zero-order valence-electron chi connectivity index (χ0n) is 9.27. The number of rotatable bonds is 3. The molecule has 1 aromatic rings. The van der Waals surface area contributed by atoms with Crippen molar-refractivity contribution in [1.29, 1.82) is 0 Å². The SMILES string of the molecule is Nc1ccc(CN[C@@H]2CS(=O)(=O)C[C@@H]2Cl)cc1. The third kappa shape index (κ3) is 3.34. The molecule has 1 aromatic carbocycles. The molecule has 0 aliphatic carbocycles. The lowest BCUT2D eigenvalue weighted by atomic mass is 10.2. The van der Waals surface area contributed by atoms with Gasteiger partial charge in [-0.25, -0.2) is 8.42 Å². The number of anilines is 1. The van der Waals surface area contributed by atoms with Gasteiger partial charge in [0.2, 0.25) is 0 Å². The van der Waals surface area contributed by atoms with E-state index in [0.29, 0.717) is 12.2 Å². The van der Waals surface area contributed by atoms with Crippen molar-refractivity contribution in [2.75, 3.05) is 17.2 Å². The fourth-order valence-electron chi connectivity index (χ4n) is 1.88. The lowest BCUT2D eigenvalue weighted by Gasteiger charge is -2.14. The first-order valence-corrected chi connectivity index (χ1v) is 7.64. The monoisotopic (exact) mass is 274 g/mol. The molecule has 2 atom stereocenters. The van der Waals surface area contributed by atoms with E-state index in [2.05, 4.69) is 5.32 Å². The molecular formula is C11H15ClN2O2S. The molecule has 0 spiro atoms. The number of sulfone groups is 1. The van der Waals surface area contributed by atoms with Gasteiger partial charge < -0.3 is 11.1 Å². The third-order valence-corrected chi connectivity index (χ3v) is 5.21. The average Bonchev–Trinajstić information content (AvgIpc) is 2.51. The van der Waals surface area contributed by atoms with Crippen LogP contribution in [0.15, 0.2) is 24.3 Å². The molecule has 3 N–H and O–H groups in total. The molecule has 0 amide bonds. The predicted octanol–water partition coefficient (Wildman–Crippen LogP) is 0.763. The van der Waals surface area contributed by atoms with E-state index in [1.165, 1.54) is 0 Å². The Morgan fingerprint density at radius 1 is 1.29 bits per heavy atom. The number of nitrogens with two attached hydrogens (primary N) is 1. The fraction of sp³-hybridized carbons (Fsp3) is 0.455. The molecule has 0 aromatic heterocycles. The Hall–Kier alpha value is -0.780. The van der Waals surface area contributed by atoms with E-state index in [1.807, 2.05) is 24.3 Å². The molecular weight excluding hydrogens is 260 g/mol. The number of nitrogens with one attached hydrogen (secondary N) is 1. The molecule has 1 fully saturated rings. The van der Waals surface area contributed by atoms with Crippen LogP contribution in [0.25, 0.3) is 0 Å². The maximum atomic E-state index is 11.4. The minimum Gasteiger partial charge on any atom is -0.399 e. The molecule has 0 bridgehead atoms. The Balaban J connectivity index is 1.93. The van der Waals surface area contributed by atoms with Crippen molar-refractivity contribution in [3.05, 3.63) is 29.8 Å². The number of benzene rings is 1. The fourth-order valence-corrected chi connectivity index (χ4v) is 4.49. The Kier molecular flexibility index (Phi) is 3.61. The van der Waals surface area contributed by atoms with Gasteiger partial charge in [0.25, 0.3) is 0 Å². The van der Waals surface area contributed by atoms with Gasteiger partial charge in [0.1, 0.15) is 0 Å². The smallest absolute Gasteiger partial charge is 0.153 e. The van der Waals surface area contributed by atoms with Crippen LogP contribution in [0.4, 0.5) is 5.69 Å². The summed E-state index contributed by atoms with van der Waals surface area (Å²) in [6, 6.07) is 7.30. The van der Waals surface area contributed by atoms with E-state index >= 15 is 0 Å². The molecule has 94 valence electrons. The van der Waals surface area contributed by atoms with Gasteiger partial charge >= 0.3 is 0 Å². The standard InChI is InChI=1S/C11H15ClN2O2S/c12-10-6-17(15,16)7-11(10)14-5-8-1-3-9(13)4-2-8/h1-4,10-11,14H,5-7,13H2/t10-,11+/m0/s1. The maximum absolute atomic E-state index is 11.4. The number of hydrogen-bond acceptors (Lipinski definition) is 4. The summed E-state index contributed by atoms with van der Waals surface area (Å²) in [5.74, 6) is 0.185. The second-order valence-electron chi connectivity index (χ2n) is 4.32. The lowest BCUT2D eigenvalue weighted by Crippen LogP contribution is -2.35. The third-order valence-electron chi connectivity index (χ3n) is 2.83. The van der Waals surface area contributed by atoms with Crippen molar-refractivity contribution >= 4 is 27.1 Å². The van der Waals surface area contributed by atoms with Gasteiger partial charge in [0, 0.05) is 18.3 Å². The largest absolute Gasteiger partial charge is 0.399 e. The molecule has 1 aliphatic heterocycles. The summed E-state index contributed by atoms with van der Waals surface area (Å²) in [7, 11) is -2.97. The van der Waals surface area contributed by atoms with Crippen molar-refractivity contribution in [2.24, 2.45) is 0 Å². The summed E-state index contributed by atoms with van der Waals surface area (Å²) < 4.78 is 22.7. The normalized spacial score (nSPS) is 27.1. The van der Waals surface area contributed by atoms with Crippen LogP contribution in [0.3, 0.4) is 0 Å². The van der Waals surface area contributed by atoms with Crippen LogP contribution >= 0.6 is 11.6 Å². The Labute approximate surface area is 106 Å². The lowest BCUT2D eigenvalue weighted by molar-refractivity contribution is 0.558. The first-order chi connectivity index (χ1) is 7.96. The number of alkyl halides is 1. The molecule has 0 saturated carbocycles. The first-order valence-electron chi connectivity index (χ1n) is 5.38. The molecule has 6 heteroatoms. The van der Waals surface area contributed by atoms with E-state index in [4.69, 9.17) is 17.3 Å². The number of halogens is 1. The van der Waals surface area contributed by atoms with Crippen LogP contribution < -0.4 is 11.1 Å². The van der Waals surface area contributed by atoms with Crippen molar-refractivity contribution < 1.29 is 8.42 Å². The van der Waals surface area contributed by atoms with Gasteiger partial charge in [-0.3, -0.25) is 0 Å². The Bertz CT molecular complexity index is 487. The van der Waals surface area contributed by atoms with Gasteiger partial charge in [-0.1, -0.05) is 12.1 Å². The van der Waals surface area contributed by atoms with Crippen molar-refractivity contribution in [3.8, 4) is 0 Å². The molecule has 0 radical (unpaired) electrons. The van der Waals surface area contributed by atoms with Crippen LogP contribution in [0, 0.1) is 0 Å². The van der Waals surface area contributed by atoms with E-state index in [0.717, 1.165) is 5.56 Å². The van der Waals surface area contributed by atoms with Gasteiger partial charge in [-0.2, -0.15) is 0 Å². The predicted molar refractivity (Wildman–Crippen MR) is 69.8 cm³/mol. The van der Waals surface area contributed by atoms with Gasteiger partial charge in [-0.05, 0) is 17.7 Å². The van der Waals surface area contributed by atoms with E-state index in [9.17, 15) is 8.42 Å². The average molecular weight is 275 g/mol. The molecule has 1 heterocycles. The molecule has 2 rings (SSSR count). The summed E-state index contributed by atoms with van der Waals surface area (Å²) in [4.78, 5) is 0. The summed E-state index contributed by atoms with van der Waals surface area (Å²) in [6.45, 7) is 0.601. The van der Waals surface area contributed by atoms with Crippen LogP contribution in [0.2, 0.25) is 0 Å². The van der Waals surface area contributed by atoms with E-state index in [1.54, 1.807) is 0 Å². The highest BCUT2D eigenvalue weighted by atomic mass is 35.5. The molecule has 4 nitrogen and oxygen atoms in total. The second kappa shape index (κ2) is 4.84. The van der Waals surface area contributed by atoms with Crippen LogP contribution in [-0.4, -0.2) is 31.3 Å². The summed E-state index contributed by atoms with van der Waals surface area (Å²) in [6.07, 6.45) is 0. The first kappa shape index (κ1) is 12.7. The summed E-state index contributed by atoms with van der Waals surface area (Å²) in [5.41, 5.74) is 7.36. The zero-order chi connectivity index (χ0) is 12.5. The van der Waals surface area contributed by atoms with Crippen molar-refractivity contribution in [2.45, 2.75) is 18.0 Å². The summed E-state index contributed by atoms with van der Waals surface area (Å²) >= 11 is 5.99. The minimum absolute atomic E-state index is 0.0635. The molecule has 17 heavy (non-hydrogen) atoms. The van der Waals surface area contributed by atoms with Gasteiger partial charge in [0.05, 0.1) is 16.9 Å². The van der Waals surface area contributed by atoms with Crippen LogP contribution in [0.1, 0.15) is 5.56 Å². The maximum Gasteiger partial charge on any atom is 0.153 e. The van der Waals surface area contributed by atoms with Gasteiger partial charge in [0.15, 0.2) is 9.84 Å². The Morgan fingerprint density at radius 2 is 1.94 bits per heavy atom. The highest BCUT2D eigenvalue weighted by molar-refractivity contribution is 7.91. The van der Waals surface area contributed by atoms with Crippen molar-refractivity contribution in [3.63, 3.8) is 0 Å². The van der Waals surface area contributed by atoms with E-state index in [-0.39, 0.29) is 22.9 Å². The summed E-state index contributed by atoms with van der Waals surface area (Å²) in [5, 5.41) is 2.83. The molecule has 1 saturated heterocycles. The quantitative estimate of drug-likeness (QED) is 0.631. The number of hydrogen-bond donors (Lipinski definition) is 2.